The van der Waals surface area contributed by atoms with Crippen molar-refractivity contribution in [3.8, 4) is 22.3 Å². The van der Waals surface area contributed by atoms with E-state index in [-0.39, 0.29) is 24.8 Å². The number of allylic oxidation sites excluding steroid dienone is 2. The monoisotopic (exact) mass is 794 g/mol. The molecular weight excluding hydrogens is 739 g/mol. The summed E-state index contributed by atoms with van der Waals surface area (Å²) in [5.41, 5.74) is 27.5. The van der Waals surface area contributed by atoms with Gasteiger partial charge in [-0.3, -0.25) is 0 Å². The summed E-state index contributed by atoms with van der Waals surface area (Å²) in [4.78, 5) is 0. The predicted octanol–water partition coefficient (Wildman–Crippen LogP) is 8.46. The minimum atomic E-state index is -2.90. The van der Waals surface area contributed by atoms with Gasteiger partial charge in [-0.1, -0.05) is 0 Å². The van der Waals surface area contributed by atoms with Crippen molar-refractivity contribution >= 4 is 12.2 Å². The van der Waals surface area contributed by atoms with Gasteiger partial charge in [-0.2, -0.15) is 0 Å². The molecule has 2 unspecified atom stereocenters. The molecule has 0 nitrogen and oxygen atoms in total. The van der Waals surface area contributed by atoms with Crippen LogP contribution in [0.15, 0.2) is 59.7 Å². The Kier molecular flexibility index (Phi) is 12.3. The third-order valence-electron chi connectivity index (χ3n) is 12.2. The second kappa shape index (κ2) is 15.7. The van der Waals surface area contributed by atoms with Crippen LogP contribution < -0.4 is 24.8 Å². The SMILES string of the molecule is CCCCC1=Cc2c(-c3cc(C)cc(C)c3)c(C)cc(C)c2[CH]1[Zr+2]1([CH]2C(CCCC)=Cc3c(-c4cc(C)cc(C)c4)c(C)cc(C)c32)[CH2][CH2]1.[Cl-].[Cl-]. The summed E-state index contributed by atoms with van der Waals surface area (Å²) in [7, 11) is 0. The topological polar surface area (TPSA) is 0 Å². The van der Waals surface area contributed by atoms with Crippen LogP contribution in [0, 0.1) is 55.4 Å². The summed E-state index contributed by atoms with van der Waals surface area (Å²) in [5, 5.41) is 0. The molecule has 268 valence electrons. The molecule has 7 rings (SSSR count). The molecule has 1 aliphatic heterocycles. The standard InChI is InChI=1S/2C23H27.C2H4.2ClH.Zr/c2*1-6-7-8-19-13-21-17(4)12-18(5)23(22(21)14-19)20-10-15(2)9-16(3)11-20;1-2;;;/h2*9-14H,6-8H2,1-5H3;1-2H2;2*1H;/q;;;;;+2/p-2. The second-order valence-corrected chi connectivity index (χ2v) is 27.8. The summed E-state index contributed by atoms with van der Waals surface area (Å²) >= 11 is -2.90. The minimum Gasteiger partial charge on any atom is -1.00 e. The average molecular weight is 797 g/mol. The first kappa shape index (κ1) is 40.0. The molecule has 51 heavy (non-hydrogen) atoms. The molecule has 0 amide bonds. The molecule has 0 aromatic heterocycles. The fourth-order valence-corrected chi connectivity index (χ4v) is 28.5. The van der Waals surface area contributed by atoms with Crippen molar-refractivity contribution in [2.24, 2.45) is 0 Å². The van der Waals surface area contributed by atoms with Crippen LogP contribution in [-0.4, -0.2) is 0 Å². The Morgan fingerprint density at radius 3 is 1.16 bits per heavy atom. The first-order chi connectivity index (χ1) is 23.5. The van der Waals surface area contributed by atoms with Crippen LogP contribution in [0.25, 0.3) is 34.4 Å². The van der Waals surface area contributed by atoms with Gasteiger partial charge in [0.15, 0.2) is 0 Å². The van der Waals surface area contributed by atoms with Gasteiger partial charge < -0.3 is 24.8 Å². The molecule has 4 aromatic rings. The summed E-state index contributed by atoms with van der Waals surface area (Å²) < 4.78 is 4.42. The van der Waals surface area contributed by atoms with Crippen molar-refractivity contribution in [2.75, 3.05) is 0 Å². The first-order valence-electron chi connectivity index (χ1n) is 19.3. The molecule has 3 heteroatoms. The number of benzene rings is 4. The molecule has 4 aromatic carbocycles. The van der Waals surface area contributed by atoms with Crippen LogP contribution >= 0.6 is 0 Å². The van der Waals surface area contributed by atoms with E-state index in [4.69, 9.17) is 0 Å². The van der Waals surface area contributed by atoms with Crippen molar-refractivity contribution in [3.63, 3.8) is 0 Å². The van der Waals surface area contributed by atoms with Gasteiger partial charge in [0.25, 0.3) is 0 Å². The van der Waals surface area contributed by atoms with Crippen LogP contribution in [-0.2, 0) is 20.3 Å². The number of hydrogen-bond acceptors (Lipinski definition) is 0. The normalized spacial score (nSPS) is 17.4. The zero-order chi connectivity index (χ0) is 34.8. The van der Waals surface area contributed by atoms with Gasteiger partial charge in [0.05, 0.1) is 0 Å². The maximum atomic E-state index is 2.74. The molecule has 0 spiro atoms. The molecular formula is C48H58Cl2Zr. The van der Waals surface area contributed by atoms with Gasteiger partial charge in [0, 0.05) is 0 Å². The Labute approximate surface area is 326 Å². The Balaban J connectivity index is 0.00000252. The van der Waals surface area contributed by atoms with E-state index in [1.165, 1.54) is 102 Å². The third-order valence-corrected chi connectivity index (χ3v) is 25.2. The maximum absolute atomic E-state index is 2.90. The van der Waals surface area contributed by atoms with E-state index in [0.717, 1.165) is 0 Å². The number of halogens is 2. The summed E-state index contributed by atoms with van der Waals surface area (Å²) in [5.74, 6) is 0. The van der Waals surface area contributed by atoms with Crippen LogP contribution in [0.2, 0.25) is 8.26 Å². The maximum Gasteiger partial charge on any atom is -1.00 e. The van der Waals surface area contributed by atoms with Crippen LogP contribution in [0.5, 0.6) is 0 Å². The molecule has 1 heterocycles. The van der Waals surface area contributed by atoms with Gasteiger partial charge in [0.2, 0.25) is 0 Å². The summed E-state index contributed by atoms with van der Waals surface area (Å²) in [6, 6.07) is 19.5. The molecule has 0 bridgehead atoms. The fourth-order valence-electron chi connectivity index (χ4n) is 10.4. The van der Waals surface area contributed by atoms with Crippen LogP contribution in [0.4, 0.5) is 0 Å². The number of unbranched alkanes of at least 4 members (excludes halogenated alkanes) is 2. The van der Waals surface area contributed by atoms with Crippen LogP contribution in [0.3, 0.4) is 0 Å². The molecule has 2 atom stereocenters. The predicted molar refractivity (Wildman–Crippen MR) is 212 cm³/mol. The number of aryl methyl sites for hydroxylation is 8. The van der Waals surface area contributed by atoms with Crippen LogP contribution in [0.1, 0.15) is 126 Å². The van der Waals surface area contributed by atoms with E-state index in [0.29, 0.717) is 7.25 Å². The van der Waals surface area contributed by atoms with Gasteiger partial charge in [-0.05, 0) is 0 Å². The Bertz CT molecular complexity index is 1860. The molecule has 0 saturated carbocycles. The second-order valence-electron chi connectivity index (χ2n) is 16.4. The molecule has 1 saturated heterocycles. The van der Waals surface area contributed by atoms with E-state index in [2.05, 4.69) is 130 Å². The number of hydrogen-bond donors (Lipinski definition) is 0. The molecule has 3 aliphatic rings. The zero-order valence-electron chi connectivity index (χ0n) is 32.8. The van der Waals surface area contributed by atoms with Crippen molar-refractivity contribution in [3.05, 3.63) is 126 Å². The Morgan fingerprint density at radius 2 is 0.843 bits per heavy atom. The Morgan fingerprint density at radius 1 is 0.490 bits per heavy atom. The molecule has 0 N–H and O–H groups in total. The smallest absolute Gasteiger partial charge is 1.00 e. The molecule has 1 fully saturated rings. The van der Waals surface area contributed by atoms with E-state index in [1.807, 2.05) is 0 Å². The van der Waals surface area contributed by atoms with Gasteiger partial charge in [-0.15, -0.1) is 0 Å². The van der Waals surface area contributed by atoms with E-state index in [9.17, 15) is 0 Å². The van der Waals surface area contributed by atoms with Crippen molar-refractivity contribution in [1.29, 1.82) is 0 Å². The van der Waals surface area contributed by atoms with E-state index < -0.39 is 20.3 Å². The minimum absolute atomic E-state index is 0. The van der Waals surface area contributed by atoms with Crippen molar-refractivity contribution < 1.29 is 45.1 Å². The quantitative estimate of drug-likeness (QED) is 0.151. The zero-order valence-corrected chi connectivity index (χ0v) is 36.8. The summed E-state index contributed by atoms with van der Waals surface area (Å²) in [6.07, 6.45) is 13.1. The van der Waals surface area contributed by atoms with Gasteiger partial charge in [-0.25, -0.2) is 0 Å². The van der Waals surface area contributed by atoms with Gasteiger partial charge >= 0.3 is 304 Å². The van der Waals surface area contributed by atoms with Crippen molar-refractivity contribution in [1.82, 2.24) is 0 Å². The van der Waals surface area contributed by atoms with Gasteiger partial charge in [0.1, 0.15) is 0 Å². The van der Waals surface area contributed by atoms with E-state index >= 15 is 0 Å². The third kappa shape index (κ3) is 7.11. The summed E-state index contributed by atoms with van der Waals surface area (Å²) in [6.45, 7) is 23.4. The Hall–Kier alpha value is -2.18. The largest absolute Gasteiger partial charge is 1.00 e. The molecule has 2 aliphatic carbocycles. The number of rotatable bonds is 10. The average Bonchev–Trinajstić information content (AvgIpc) is 3.56. The fraction of sp³-hybridized carbons (Fsp3) is 0.417. The van der Waals surface area contributed by atoms with E-state index in [1.54, 1.807) is 44.5 Å². The van der Waals surface area contributed by atoms with Crippen molar-refractivity contribution in [2.45, 2.75) is 123 Å². The molecule has 0 radical (unpaired) electrons. The first-order valence-corrected chi connectivity index (χ1v) is 25.6. The number of fused-ring (bicyclic) bond motifs is 2.